The van der Waals surface area contributed by atoms with Crippen LogP contribution in [-0.2, 0) is 11.2 Å². The van der Waals surface area contributed by atoms with Crippen molar-refractivity contribution in [3.8, 4) is 0 Å². The fraction of sp³-hybridized carbons (Fsp3) is 0.208. The van der Waals surface area contributed by atoms with Gasteiger partial charge in [0.25, 0.3) is 5.56 Å². The van der Waals surface area contributed by atoms with E-state index in [0.717, 1.165) is 21.6 Å². The average molecular weight is 419 g/mol. The first-order valence-electron chi connectivity index (χ1n) is 9.76. The van der Waals surface area contributed by atoms with Crippen molar-refractivity contribution >= 4 is 27.5 Å². The van der Waals surface area contributed by atoms with Crippen molar-refractivity contribution in [3.05, 3.63) is 97.9 Å². The zero-order valence-corrected chi connectivity index (χ0v) is 17.9. The number of nitrogens with one attached hydrogen (secondary N) is 1. The van der Waals surface area contributed by atoms with Gasteiger partial charge < -0.3 is 9.72 Å². The van der Waals surface area contributed by atoms with Gasteiger partial charge in [0.1, 0.15) is 4.83 Å². The van der Waals surface area contributed by atoms with E-state index in [1.54, 1.807) is 13.0 Å². The highest BCUT2D eigenvalue weighted by molar-refractivity contribution is 7.18. The monoisotopic (exact) mass is 418 g/mol. The van der Waals surface area contributed by atoms with Gasteiger partial charge in [0, 0.05) is 4.88 Å². The number of aromatic nitrogens is 2. The second kappa shape index (κ2) is 8.24. The second-order valence-electron chi connectivity index (χ2n) is 7.28. The standard InChI is InChI=1S/C24H22N2O3S/c1-14-16(3)30-23-20(14)22(27)25-21(26-23)15(2)29-24(28)19-12-8-7-11-18(19)13-17-9-5-4-6-10-17/h4-12,15H,13H2,1-3H3,(H,25,26,27)/t15-/m1/s1. The highest BCUT2D eigenvalue weighted by atomic mass is 32.1. The number of fused-ring (bicyclic) bond motifs is 1. The van der Waals surface area contributed by atoms with Crippen LogP contribution in [0.4, 0.5) is 0 Å². The van der Waals surface area contributed by atoms with Crippen molar-refractivity contribution in [2.45, 2.75) is 33.3 Å². The van der Waals surface area contributed by atoms with Gasteiger partial charge in [-0.15, -0.1) is 11.3 Å². The Balaban J connectivity index is 1.59. The molecule has 0 amide bonds. The van der Waals surface area contributed by atoms with E-state index in [2.05, 4.69) is 9.97 Å². The van der Waals surface area contributed by atoms with Crippen LogP contribution >= 0.6 is 11.3 Å². The van der Waals surface area contributed by atoms with Crippen molar-refractivity contribution in [2.24, 2.45) is 0 Å². The van der Waals surface area contributed by atoms with Crippen molar-refractivity contribution < 1.29 is 9.53 Å². The molecule has 0 aliphatic heterocycles. The van der Waals surface area contributed by atoms with Gasteiger partial charge in [-0.05, 0) is 49.9 Å². The number of carbonyl (C=O) groups excluding carboxylic acids is 1. The lowest BCUT2D eigenvalue weighted by Crippen LogP contribution is -2.18. The van der Waals surface area contributed by atoms with Crippen LogP contribution < -0.4 is 5.56 Å². The van der Waals surface area contributed by atoms with Crippen molar-refractivity contribution in [1.29, 1.82) is 0 Å². The second-order valence-corrected chi connectivity index (χ2v) is 8.48. The molecule has 0 aliphatic rings. The van der Waals surface area contributed by atoms with Gasteiger partial charge in [-0.2, -0.15) is 0 Å². The molecule has 0 aliphatic carbocycles. The van der Waals surface area contributed by atoms with E-state index in [1.807, 2.05) is 62.4 Å². The molecule has 2 aromatic heterocycles. The third kappa shape index (κ3) is 3.91. The molecule has 0 spiro atoms. The van der Waals surface area contributed by atoms with Gasteiger partial charge >= 0.3 is 5.97 Å². The normalized spacial score (nSPS) is 12.1. The third-order valence-corrected chi connectivity index (χ3v) is 6.30. The number of esters is 1. The predicted molar refractivity (Wildman–Crippen MR) is 119 cm³/mol. The molecule has 0 unspecified atom stereocenters. The molecule has 0 fully saturated rings. The molecule has 1 N–H and O–H groups in total. The van der Waals surface area contributed by atoms with E-state index in [-0.39, 0.29) is 5.56 Å². The van der Waals surface area contributed by atoms with E-state index in [1.165, 1.54) is 11.3 Å². The van der Waals surface area contributed by atoms with E-state index in [4.69, 9.17) is 4.74 Å². The molecule has 0 radical (unpaired) electrons. The van der Waals surface area contributed by atoms with Gasteiger partial charge in [0.2, 0.25) is 0 Å². The molecule has 6 heteroatoms. The van der Waals surface area contributed by atoms with Crippen LogP contribution in [0.15, 0.2) is 59.4 Å². The Hall–Kier alpha value is -3.25. The SMILES string of the molecule is Cc1sc2nc([C@@H](C)OC(=O)c3ccccc3Cc3ccccc3)[nH]c(=O)c2c1C. The first kappa shape index (κ1) is 20.0. The zero-order chi connectivity index (χ0) is 21.3. The van der Waals surface area contributed by atoms with E-state index >= 15 is 0 Å². The van der Waals surface area contributed by atoms with Crippen LogP contribution in [0.5, 0.6) is 0 Å². The summed E-state index contributed by atoms with van der Waals surface area (Å²) in [6, 6.07) is 17.4. The molecule has 0 bridgehead atoms. The minimum absolute atomic E-state index is 0.204. The Morgan fingerprint density at radius 1 is 1.10 bits per heavy atom. The van der Waals surface area contributed by atoms with Gasteiger partial charge in [-0.1, -0.05) is 48.5 Å². The Morgan fingerprint density at radius 2 is 1.80 bits per heavy atom. The molecule has 1 atom stereocenters. The maximum Gasteiger partial charge on any atom is 0.339 e. The summed E-state index contributed by atoms with van der Waals surface area (Å²) in [6.45, 7) is 5.60. The van der Waals surface area contributed by atoms with Crippen molar-refractivity contribution in [2.75, 3.05) is 0 Å². The number of aryl methyl sites for hydroxylation is 2. The number of benzene rings is 2. The molecule has 0 saturated carbocycles. The van der Waals surface area contributed by atoms with Crippen LogP contribution in [0, 0.1) is 13.8 Å². The Kier molecular flexibility index (Phi) is 5.50. The maximum absolute atomic E-state index is 12.9. The molecular weight excluding hydrogens is 396 g/mol. The number of H-pyrrole nitrogens is 1. The van der Waals surface area contributed by atoms with Gasteiger partial charge in [-0.3, -0.25) is 4.79 Å². The third-order valence-electron chi connectivity index (χ3n) is 5.20. The number of thiophene rings is 1. The number of ether oxygens (including phenoxy) is 1. The van der Waals surface area contributed by atoms with Gasteiger partial charge in [-0.25, -0.2) is 9.78 Å². The molecule has 4 aromatic rings. The van der Waals surface area contributed by atoms with Crippen LogP contribution in [0.1, 0.15) is 50.8 Å². The predicted octanol–water partition coefficient (Wildman–Crippen LogP) is 5.11. The van der Waals surface area contributed by atoms with E-state index in [9.17, 15) is 9.59 Å². The summed E-state index contributed by atoms with van der Waals surface area (Å²) in [6.07, 6.45) is -0.0444. The minimum Gasteiger partial charge on any atom is -0.451 e. The fourth-order valence-electron chi connectivity index (χ4n) is 3.43. The van der Waals surface area contributed by atoms with E-state index < -0.39 is 12.1 Å². The number of rotatable bonds is 5. The summed E-state index contributed by atoms with van der Waals surface area (Å²) in [5.74, 6) is -0.0852. The minimum atomic E-state index is -0.679. The molecule has 5 nitrogen and oxygen atoms in total. The molecular formula is C24H22N2O3S. The van der Waals surface area contributed by atoms with Gasteiger partial charge in [0.15, 0.2) is 11.9 Å². The van der Waals surface area contributed by atoms with Crippen molar-refractivity contribution in [3.63, 3.8) is 0 Å². The molecule has 152 valence electrons. The number of hydrogen-bond donors (Lipinski definition) is 1. The number of carbonyl (C=O) groups is 1. The quantitative estimate of drug-likeness (QED) is 0.457. The average Bonchev–Trinajstić information content (AvgIpc) is 3.03. The number of nitrogens with zero attached hydrogens (tertiary/aromatic N) is 1. The van der Waals surface area contributed by atoms with Crippen LogP contribution in [0.2, 0.25) is 0 Å². The molecule has 30 heavy (non-hydrogen) atoms. The molecule has 2 aromatic carbocycles. The lowest BCUT2D eigenvalue weighted by atomic mass is 10.00. The van der Waals surface area contributed by atoms with E-state index in [0.29, 0.717) is 28.0 Å². The van der Waals surface area contributed by atoms with Crippen LogP contribution in [0.3, 0.4) is 0 Å². The summed E-state index contributed by atoms with van der Waals surface area (Å²) in [7, 11) is 0. The molecule has 2 heterocycles. The van der Waals surface area contributed by atoms with Gasteiger partial charge in [0.05, 0.1) is 10.9 Å². The smallest absolute Gasteiger partial charge is 0.339 e. The highest BCUT2D eigenvalue weighted by Crippen LogP contribution is 2.27. The maximum atomic E-state index is 12.9. The number of hydrogen-bond acceptors (Lipinski definition) is 5. The molecule has 0 saturated heterocycles. The Labute approximate surface area is 178 Å². The summed E-state index contributed by atoms with van der Waals surface area (Å²) in [5.41, 5.74) is 3.26. The highest BCUT2D eigenvalue weighted by Gasteiger charge is 2.20. The first-order chi connectivity index (χ1) is 14.4. The lowest BCUT2D eigenvalue weighted by Gasteiger charge is -2.14. The fourth-order valence-corrected chi connectivity index (χ4v) is 4.47. The topological polar surface area (TPSA) is 72.0 Å². The zero-order valence-electron chi connectivity index (χ0n) is 17.1. The Morgan fingerprint density at radius 3 is 2.57 bits per heavy atom. The summed E-state index contributed by atoms with van der Waals surface area (Å²) >= 11 is 1.47. The van der Waals surface area contributed by atoms with Crippen LogP contribution in [-0.4, -0.2) is 15.9 Å². The first-order valence-corrected chi connectivity index (χ1v) is 10.6. The number of aromatic amines is 1. The van der Waals surface area contributed by atoms with Crippen LogP contribution in [0.25, 0.3) is 10.2 Å². The Bertz CT molecular complexity index is 1270. The largest absolute Gasteiger partial charge is 0.451 e. The van der Waals surface area contributed by atoms with Crippen molar-refractivity contribution in [1.82, 2.24) is 9.97 Å². The summed E-state index contributed by atoms with van der Waals surface area (Å²) in [5, 5.41) is 0.605. The molecule has 4 rings (SSSR count). The lowest BCUT2D eigenvalue weighted by molar-refractivity contribution is 0.0319. The summed E-state index contributed by atoms with van der Waals surface area (Å²) in [4.78, 5) is 34.5. The summed E-state index contributed by atoms with van der Waals surface area (Å²) < 4.78 is 5.67.